The average molecular weight is 310 g/mol. The number of nitrogens with zero attached hydrogens (tertiary/aromatic N) is 2. The maximum absolute atomic E-state index is 12.4. The number of esters is 1. The maximum Gasteiger partial charge on any atom is 0.362 e. The van der Waals surface area contributed by atoms with E-state index in [1.807, 2.05) is 6.92 Å². The third-order valence-corrected chi connectivity index (χ3v) is 3.92. The minimum absolute atomic E-state index is 0.120. The molecule has 0 N–H and O–H groups in total. The Bertz CT molecular complexity index is 616. The molecule has 2 fully saturated rings. The first-order valence-electron chi connectivity index (χ1n) is 7.14. The standard InChI is InChI=1S/C14H18N2O6/c1-8-20-7-11-10(22-8)5-9(6-21-11)16-4-3-15-12(13(16)17)14(18)19-2/h3-4,8-11H,5-7H2,1-2H3/t8?,9-,10+,11+/m0/s1. The molecule has 0 aliphatic carbocycles. The van der Waals surface area contributed by atoms with Crippen LogP contribution in [0.2, 0.25) is 0 Å². The highest BCUT2D eigenvalue weighted by molar-refractivity contribution is 5.86. The molecule has 1 aromatic rings. The first-order chi connectivity index (χ1) is 10.6. The zero-order valence-corrected chi connectivity index (χ0v) is 12.4. The van der Waals surface area contributed by atoms with Crippen molar-refractivity contribution in [3.8, 4) is 0 Å². The summed E-state index contributed by atoms with van der Waals surface area (Å²) in [7, 11) is 1.21. The predicted octanol–water partition coefficient (Wildman–Crippen LogP) is 0.121. The summed E-state index contributed by atoms with van der Waals surface area (Å²) in [6.07, 6.45) is 3.03. The quantitative estimate of drug-likeness (QED) is 0.717. The molecule has 2 aliphatic heterocycles. The molecule has 3 heterocycles. The first-order valence-corrected chi connectivity index (χ1v) is 7.14. The minimum Gasteiger partial charge on any atom is -0.464 e. The van der Waals surface area contributed by atoms with E-state index < -0.39 is 11.5 Å². The van der Waals surface area contributed by atoms with Crippen molar-refractivity contribution in [3.63, 3.8) is 0 Å². The first kappa shape index (κ1) is 15.1. The molecule has 3 rings (SSSR count). The van der Waals surface area contributed by atoms with Crippen LogP contribution in [0.25, 0.3) is 0 Å². The molecule has 0 spiro atoms. The minimum atomic E-state index is -0.745. The lowest BCUT2D eigenvalue weighted by atomic mass is 10.0. The van der Waals surface area contributed by atoms with E-state index in [9.17, 15) is 9.59 Å². The van der Waals surface area contributed by atoms with Crippen LogP contribution in [0.4, 0.5) is 0 Å². The van der Waals surface area contributed by atoms with Crippen molar-refractivity contribution < 1.29 is 23.7 Å². The number of hydrogen-bond acceptors (Lipinski definition) is 7. The molecular formula is C14H18N2O6. The summed E-state index contributed by atoms with van der Waals surface area (Å²) in [5.41, 5.74) is -0.713. The molecule has 0 aromatic carbocycles. The van der Waals surface area contributed by atoms with Gasteiger partial charge in [-0.2, -0.15) is 0 Å². The fourth-order valence-electron chi connectivity index (χ4n) is 2.79. The summed E-state index contributed by atoms with van der Waals surface area (Å²) >= 11 is 0. The highest BCUT2D eigenvalue weighted by Crippen LogP contribution is 2.29. The molecule has 0 saturated carbocycles. The van der Waals surface area contributed by atoms with E-state index in [1.54, 1.807) is 6.20 Å². The third kappa shape index (κ3) is 2.77. The van der Waals surface area contributed by atoms with Gasteiger partial charge in [0.2, 0.25) is 5.69 Å². The Morgan fingerprint density at radius 2 is 2.18 bits per heavy atom. The lowest BCUT2D eigenvalue weighted by molar-refractivity contribution is -0.272. The van der Waals surface area contributed by atoms with Crippen LogP contribution in [0.15, 0.2) is 17.2 Å². The molecule has 0 radical (unpaired) electrons. The van der Waals surface area contributed by atoms with E-state index >= 15 is 0 Å². The van der Waals surface area contributed by atoms with Gasteiger partial charge in [-0.25, -0.2) is 9.78 Å². The molecule has 120 valence electrons. The molecule has 8 heteroatoms. The van der Waals surface area contributed by atoms with Crippen molar-refractivity contribution in [2.45, 2.75) is 37.9 Å². The van der Waals surface area contributed by atoms with Crippen LogP contribution in [0.5, 0.6) is 0 Å². The van der Waals surface area contributed by atoms with E-state index in [2.05, 4.69) is 9.72 Å². The van der Waals surface area contributed by atoms with Crippen LogP contribution in [-0.2, 0) is 18.9 Å². The molecular weight excluding hydrogens is 292 g/mol. The van der Waals surface area contributed by atoms with Crippen molar-refractivity contribution in [3.05, 3.63) is 28.4 Å². The van der Waals surface area contributed by atoms with Gasteiger partial charge in [0, 0.05) is 12.4 Å². The average Bonchev–Trinajstić information content (AvgIpc) is 2.53. The fourth-order valence-corrected chi connectivity index (χ4v) is 2.79. The Morgan fingerprint density at radius 3 is 2.95 bits per heavy atom. The van der Waals surface area contributed by atoms with Gasteiger partial charge in [0.1, 0.15) is 6.10 Å². The number of carbonyl (C=O) groups excluding carboxylic acids is 1. The zero-order chi connectivity index (χ0) is 15.7. The second-order valence-electron chi connectivity index (χ2n) is 5.32. The lowest BCUT2D eigenvalue weighted by Gasteiger charge is -2.41. The maximum atomic E-state index is 12.4. The van der Waals surface area contributed by atoms with Gasteiger partial charge in [0.05, 0.1) is 32.5 Å². The van der Waals surface area contributed by atoms with Gasteiger partial charge in [-0.3, -0.25) is 4.79 Å². The molecule has 0 bridgehead atoms. The summed E-state index contributed by atoms with van der Waals surface area (Å²) in [5, 5.41) is 0. The number of carbonyl (C=O) groups is 1. The van der Waals surface area contributed by atoms with Gasteiger partial charge < -0.3 is 23.5 Å². The molecule has 8 nitrogen and oxygen atoms in total. The normalized spacial score (nSPS) is 31.4. The Hall–Kier alpha value is -1.77. The van der Waals surface area contributed by atoms with E-state index in [0.717, 1.165) is 0 Å². The largest absolute Gasteiger partial charge is 0.464 e. The second kappa shape index (κ2) is 6.15. The molecule has 0 amide bonds. The number of aromatic nitrogens is 2. The summed E-state index contributed by atoms with van der Waals surface area (Å²) in [6, 6.07) is -0.217. The highest BCUT2D eigenvalue weighted by atomic mass is 16.7. The van der Waals surface area contributed by atoms with Crippen molar-refractivity contribution in [2.24, 2.45) is 0 Å². The predicted molar refractivity (Wildman–Crippen MR) is 73.5 cm³/mol. The van der Waals surface area contributed by atoms with Crippen LogP contribution >= 0.6 is 0 Å². The van der Waals surface area contributed by atoms with Gasteiger partial charge in [-0.1, -0.05) is 0 Å². The zero-order valence-electron chi connectivity index (χ0n) is 12.4. The van der Waals surface area contributed by atoms with E-state index in [-0.39, 0.29) is 30.2 Å². The van der Waals surface area contributed by atoms with Crippen LogP contribution in [0, 0.1) is 0 Å². The summed E-state index contributed by atoms with van der Waals surface area (Å²) in [4.78, 5) is 27.7. The van der Waals surface area contributed by atoms with E-state index in [1.165, 1.54) is 17.9 Å². The van der Waals surface area contributed by atoms with Crippen molar-refractivity contribution in [1.82, 2.24) is 9.55 Å². The van der Waals surface area contributed by atoms with Crippen molar-refractivity contribution in [2.75, 3.05) is 20.3 Å². The van der Waals surface area contributed by atoms with E-state index in [0.29, 0.717) is 19.6 Å². The van der Waals surface area contributed by atoms with Gasteiger partial charge in [0.25, 0.3) is 5.56 Å². The molecule has 22 heavy (non-hydrogen) atoms. The lowest BCUT2D eigenvalue weighted by Crippen LogP contribution is -2.50. The van der Waals surface area contributed by atoms with Crippen LogP contribution in [0.3, 0.4) is 0 Å². The van der Waals surface area contributed by atoms with Crippen molar-refractivity contribution >= 4 is 5.97 Å². The monoisotopic (exact) mass is 310 g/mol. The number of ether oxygens (including phenoxy) is 4. The molecule has 2 saturated heterocycles. The SMILES string of the molecule is COC(=O)c1nccn([C@@H]2CO[C@@H]3COC(C)O[C@@H]3C2)c1=O. The summed E-state index contributed by atoms with van der Waals surface area (Å²) in [6.45, 7) is 2.66. The molecule has 1 unspecified atom stereocenters. The van der Waals surface area contributed by atoms with E-state index in [4.69, 9.17) is 14.2 Å². The summed E-state index contributed by atoms with van der Waals surface area (Å²) < 4.78 is 22.9. The van der Waals surface area contributed by atoms with Gasteiger partial charge in [-0.15, -0.1) is 0 Å². The highest BCUT2D eigenvalue weighted by Gasteiger charge is 2.38. The van der Waals surface area contributed by atoms with Crippen LogP contribution in [-0.4, -0.2) is 54.3 Å². The molecule has 1 aromatic heterocycles. The van der Waals surface area contributed by atoms with Gasteiger partial charge in [-0.05, 0) is 13.3 Å². The molecule has 2 aliphatic rings. The number of fused-ring (bicyclic) bond motifs is 1. The number of rotatable bonds is 2. The Balaban J connectivity index is 1.83. The van der Waals surface area contributed by atoms with Crippen LogP contribution < -0.4 is 5.56 Å². The Kier molecular flexibility index (Phi) is 4.23. The summed E-state index contributed by atoms with van der Waals surface area (Å²) in [5.74, 6) is -0.745. The third-order valence-electron chi connectivity index (χ3n) is 3.92. The number of hydrogen-bond donors (Lipinski definition) is 0. The molecule has 4 atom stereocenters. The van der Waals surface area contributed by atoms with Crippen LogP contribution in [0.1, 0.15) is 29.9 Å². The second-order valence-corrected chi connectivity index (χ2v) is 5.32. The Labute approximate surface area is 126 Å². The Morgan fingerprint density at radius 1 is 1.36 bits per heavy atom. The van der Waals surface area contributed by atoms with Gasteiger partial charge in [0.15, 0.2) is 6.29 Å². The fraction of sp³-hybridized carbons (Fsp3) is 0.643. The number of methoxy groups -OCH3 is 1. The smallest absolute Gasteiger partial charge is 0.362 e. The van der Waals surface area contributed by atoms with Gasteiger partial charge >= 0.3 is 5.97 Å². The topological polar surface area (TPSA) is 88.9 Å². The van der Waals surface area contributed by atoms with Crippen molar-refractivity contribution in [1.29, 1.82) is 0 Å².